The van der Waals surface area contributed by atoms with Crippen LogP contribution in [0.4, 0.5) is 15.8 Å². The number of nitrogen functional groups attached to an aromatic ring is 1. The van der Waals surface area contributed by atoms with Crippen molar-refractivity contribution >= 4 is 11.4 Å². The van der Waals surface area contributed by atoms with Crippen LogP contribution < -0.4 is 11.1 Å². The number of rotatable bonds is 4. The van der Waals surface area contributed by atoms with Gasteiger partial charge in [-0.1, -0.05) is 24.3 Å². The third-order valence-corrected chi connectivity index (χ3v) is 2.67. The molecule has 94 valence electrons. The lowest BCUT2D eigenvalue weighted by Gasteiger charge is -2.10. The van der Waals surface area contributed by atoms with Crippen molar-refractivity contribution < 1.29 is 9.50 Å². The Morgan fingerprint density at radius 1 is 1.11 bits per heavy atom. The molecule has 0 saturated heterocycles. The summed E-state index contributed by atoms with van der Waals surface area (Å²) in [6.45, 7) is 0.539. The summed E-state index contributed by atoms with van der Waals surface area (Å²) < 4.78 is 13.1. The standard InChI is InChI=1S/C14H15FN2O/c15-12-4-5-13(16)14(7-12)17-8-10-2-1-3-11(6-10)9-18/h1-7,17-18H,8-9,16H2. The number of aliphatic hydroxyl groups excluding tert-OH is 1. The average molecular weight is 246 g/mol. The Balaban J connectivity index is 2.08. The second-order valence-corrected chi connectivity index (χ2v) is 4.06. The molecule has 0 saturated carbocycles. The Morgan fingerprint density at radius 3 is 2.67 bits per heavy atom. The molecule has 18 heavy (non-hydrogen) atoms. The van der Waals surface area contributed by atoms with Crippen molar-refractivity contribution in [2.45, 2.75) is 13.2 Å². The highest BCUT2D eigenvalue weighted by Gasteiger charge is 2.01. The van der Waals surface area contributed by atoms with E-state index in [1.54, 1.807) is 0 Å². The van der Waals surface area contributed by atoms with Crippen LogP contribution in [0.3, 0.4) is 0 Å². The van der Waals surface area contributed by atoms with Crippen LogP contribution in [0.2, 0.25) is 0 Å². The summed E-state index contributed by atoms with van der Waals surface area (Å²) in [6.07, 6.45) is 0. The van der Waals surface area contributed by atoms with Crippen LogP contribution in [0, 0.1) is 5.82 Å². The zero-order valence-corrected chi connectivity index (χ0v) is 9.86. The molecule has 0 aliphatic carbocycles. The Labute approximate surface area is 105 Å². The second kappa shape index (κ2) is 5.51. The first-order chi connectivity index (χ1) is 8.69. The number of halogens is 1. The lowest BCUT2D eigenvalue weighted by Crippen LogP contribution is -2.03. The highest BCUT2D eigenvalue weighted by molar-refractivity contribution is 5.65. The van der Waals surface area contributed by atoms with Gasteiger partial charge in [-0.15, -0.1) is 0 Å². The monoisotopic (exact) mass is 246 g/mol. The van der Waals surface area contributed by atoms with E-state index >= 15 is 0 Å². The van der Waals surface area contributed by atoms with E-state index in [0.29, 0.717) is 17.9 Å². The molecule has 0 aliphatic rings. The van der Waals surface area contributed by atoms with Gasteiger partial charge in [0.25, 0.3) is 0 Å². The summed E-state index contributed by atoms with van der Waals surface area (Å²) in [6, 6.07) is 11.8. The van der Waals surface area contributed by atoms with Crippen molar-refractivity contribution in [1.29, 1.82) is 0 Å². The number of benzene rings is 2. The molecular weight excluding hydrogens is 231 g/mol. The van der Waals surface area contributed by atoms with E-state index in [4.69, 9.17) is 10.8 Å². The lowest BCUT2D eigenvalue weighted by atomic mass is 10.1. The van der Waals surface area contributed by atoms with E-state index in [0.717, 1.165) is 11.1 Å². The zero-order chi connectivity index (χ0) is 13.0. The van der Waals surface area contributed by atoms with Crippen molar-refractivity contribution in [1.82, 2.24) is 0 Å². The van der Waals surface area contributed by atoms with Crippen molar-refractivity contribution in [2.75, 3.05) is 11.1 Å². The Morgan fingerprint density at radius 2 is 1.89 bits per heavy atom. The van der Waals surface area contributed by atoms with Gasteiger partial charge in [0.1, 0.15) is 5.82 Å². The molecule has 0 atom stereocenters. The van der Waals surface area contributed by atoms with Gasteiger partial charge in [-0.3, -0.25) is 0 Å². The summed E-state index contributed by atoms with van der Waals surface area (Å²) in [4.78, 5) is 0. The molecule has 0 aromatic heterocycles. The lowest BCUT2D eigenvalue weighted by molar-refractivity contribution is 0.281. The fraction of sp³-hybridized carbons (Fsp3) is 0.143. The predicted molar refractivity (Wildman–Crippen MR) is 70.5 cm³/mol. The molecule has 0 unspecified atom stereocenters. The van der Waals surface area contributed by atoms with Crippen molar-refractivity contribution in [2.24, 2.45) is 0 Å². The molecular formula is C14H15FN2O. The first kappa shape index (κ1) is 12.4. The number of hydrogen-bond donors (Lipinski definition) is 3. The van der Waals surface area contributed by atoms with Gasteiger partial charge in [0.15, 0.2) is 0 Å². The molecule has 0 aliphatic heterocycles. The molecule has 0 radical (unpaired) electrons. The van der Waals surface area contributed by atoms with E-state index in [2.05, 4.69) is 5.32 Å². The van der Waals surface area contributed by atoms with Crippen LogP contribution in [-0.2, 0) is 13.2 Å². The first-order valence-corrected chi connectivity index (χ1v) is 5.66. The van der Waals surface area contributed by atoms with Gasteiger partial charge >= 0.3 is 0 Å². The van der Waals surface area contributed by atoms with Gasteiger partial charge in [0, 0.05) is 6.54 Å². The number of nitrogens with two attached hydrogens (primary N) is 1. The smallest absolute Gasteiger partial charge is 0.125 e. The molecule has 4 heteroatoms. The summed E-state index contributed by atoms with van der Waals surface area (Å²) >= 11 is 0. The third kappa shape index (κ3) is 2.99. The summed E-state index contributed by atoms with van der Waals surface area (Å²) in [7, 11) is 0. The van der Waals surface area contributed by atoms with Crippen molar-refractivity contribution in [3.63, 3.8) is 0 Å². The summed E-state index contributed by atoms with van der Waals surface area (Å²) in [5.74, 6) is -0.323. The van der Waals surface area contributed by atoms with Crippen LogP contribution in [0.15, 0.2) is 42.5 Å². The maximum Gasteiger partial charge on any atom is 0.125 e. The minimum absolute atomic E-state index is 0.00987. The molecule has 2 aromatic rings. The summed E-state index contributed by atoms with van der Waals surface area (Å²) in [5, 5.41) is 12.1. The maximum atomic E-state index is 13.1. The van der Waals surface area contributed by atoms with Gasteiger partial charge in [0.2, 0.25) is 0 Å². The second-order valence-electron chi connectivity index (χ2n) is 4.06. The van der Waals surface area contributed by atoms with E-state index < -0.39 is 0 Å². The minimum atomic E-state index is -0.323. The van der Waals surface area contributed by atoms with E-state index in [9.17, 15) is 4.39 Å². The molecule has 4 N–H and O–H groups in total. The molecule has 0 fully saturated rings. The number of nitrogens with one attached hydrogen (secondary N) is 1. The maximum absolute atomic E-state index is 13.1. The Hall–Kier alpha value is -2.07. The molecule has 0 heterocycles. The Kier molecular flexibility index (Phi) is 3.79. The molecule has 0 amide bonds. The van der Waals surface area contributed by atoms with E-state index in [1.807, 2.05) is 24.3 Å². The van der Waals surface area contributed by atoms with Crippen LogP contribution in [0.1, 0.15) is 11.1 Å². The molecule has 0 spiro atoms. The van der Waals surface area contributed by atoms with E-state index in [-0.39, 0.29) is 12.4 Å². The van der Waals surface area contributed by atoms with Gasteiger partial charge < -0.3 is 16.2 Å². The molecule has 3 nitrogen and oxygen atoms in total. The highest BCUT2D eigenvalue weighted by atomic mass is 19.1. The zero-order valence-electron chi connectivity index (χ0n) is 9.86. The van der Waals surface area contributed by atoms with Gasteiger partial charge in [-0.2, -0.15) is 0 Å². The first-order valence-electron chi connectivity index (χ1n) is 5.66. The topological polar surface area (TPSA) is 58.3 Å². The van der Waals surface area contributed by atoms with Crippen LogP contribution in [0.25, 0.3) is 0 Å². The highest BCUT2D eigenvalue weighted by Crippen LogP contribution is 2.20. The third-order valence-electron chi connectivity index (χ3n) is 2.67. The quantitative estimate of drug-likeness (QED) is 0.726. The average Bonchev–Trinajstić information content (AvgIpc) is 2.40. The van der Waals surface area contributed by atoms with Gasteiger partial charge in [0.05, 0.1) is 18.0 Å². The van der Waals surface area contributed by atoms with Crippen molar-refractivity contribution in [3.05, 3.63) is 59.4 Å². The molecule has 0 bridgehead atoms. The van der Waals surface area contributed by atoms with Crippen LogP contribution >= 0.6 is 0 Å². The van der Waals surface area contributed by atoms with E-state index in [1.165, 1.54) is 18.2 Å². The van der Waals surface area contributed by atoms with Crippen molar-refractivity contribution in [3.8, 4) is 0 Å². The van der Waals surface area contributed by atoms with Crippen LogP contribution in [0.5, 0.6) is 0 Å². The van der Waals surface area contributed by atoms with Gasteiger partial charge in [-0.05, 0) is 29.3 Å². The number of hydrogen-bond acceptors (Lipinski definition) is 3. The Bertz CT molecular complexity index is 543. The fourth-order valence-corrected chi connectivity index (χ4v) is 1.72. The number of anilines is 2. The molecule has 2 rings (SSSR count). The van der Waals surface area contributed by atoms with Crippen LogP contribution in [-0.4, -0.2) is 5.11 Å². The summed E-state index contributed by atoms with van der Waals surface area (Å²) in [5.41, 5.74) is 8.68. The predicted octanol–water partition coefficient (Wildman–Crippen LogP) is 2.51. The fourth-order valence-electron chi connectivity index (χ4n) is 1.72. The molecule has 2 aromatic carbocycles. The number of aliphatic hydroxyl groups is 1. The van der Waals surface area contributed by atoms with Gasteiger partial charge in [-0.25, -0.2) is 4.39 Å². The normalized spacial score (nSPS) is 10.3. The minimum Gasteiger partial charge on any atom is -0.397 e. The largest absolute Gasteiger partial charge is 0.397 e. The SMILES string of the molecule is Nc1ccc(F)cc1NCc1cccc(CO)c1.